The average Bonchev–Trinajstić information content (AvgIpc) is 3.36. The van der Waals surface area contributed by atoms with Gasteiger partial charge in [-0.25, -0.2) is 0 Å². The summed E-state index contributed by atoms with van der Waals surface area (Å²) >= 11 is 1.56. The van der Waals surface area contributed by atoms with E-state index in [1.165, 1.54) is 58.0 Å². The summed E-state index contributed by atoms with van der Waals surface area (Å²) in [5.41, 5.74) is 0.626. The van der Waals surface area contributed by atoms with Crippen LogP contribution in [0.15, 0.2) is 18.3 Å². The van der Waals surface area contributed by atoms with Crippen LogP contribution in [0, 0.1) is 0 Å². The van der Waals surface area contributed by atoms with Crippen LogP contribution in [0.1, 0.15) is 61.9 Å². The topological polar surface area (TPSA) is 66.3 Å². The van der Waals surface area contributed by atoms with Crippen LogP contribution in [0.25, 0.3) is 5.13 Å². The van der Waals surface area contributed by atoms with E-state index in [1.54, 1.807) is 11.3 Å². The van der Waals surface area contributed by atoms with Gasteiger partial charge in [-0.05, 0) is 70.3 Å². The average molecular weight is 417 g/mol. The zero-order chi connectivity index (χ0) is 19.9. The van der Waals surface area contributed by atoms with Gasteiger partial charge in [-0.2, -0.15) is 0 Å². The van der Waals surface area contributed by atoms with Crippen molar-refractivity contribution in [3.8, 4) is 5.13 Å². The number of carbonyl (C=O) groups excluding carboxylic acids is 1. The Morgan fingerprint density at radius 1 is 0.966 bits per heavy atom. The second-order valence-corrected chi connectivity index (χ2v) is 8.98. The SMILES string of the molecule is O=C(NCCCN1CCCCCC1)c1cccn1-c1nnc(N2CCCCC2)s1. The third-order valence-corrected chi connectivity index (χ3v) is 6.84. The molecule has 2 saturated heterocycles. The van der Waals surface area contributed by atoms with Gasteiger partial charge in [0.05, 0.1) is 0 Å². The molecule has 0 aromatic carbocycles. The van der Waals surface area contributed by atoms with E-state index in [4.69, 9.17) is 0 Å². The normalized spacial score (nSPS) is 18.6. The number of hydrogen-bond acceptors (Lipinski definition) is 6. The Balaban J connectivity index is 1.30. The van der Waals surface area contributed by atoms with Gasteiger partial charge in [-0.15, -0.1) is 10.2 Å². The standard InChI is InChI=1S/C21H32N6OS/c28-19(22-11-9-14-25-12-4-1-2-5-13-25)18-10-8-17-27(18)21-24-23-20(29-21)26-15-6-3-7-16-26/h8,10,17H,1-7,9,11-16H2,(H,22,28). The third kappa shape index (κ3) is 5.36. The molecule has 2 aliphatic rings. The van der Waals surface area contributed by atoms with Crippen molar-refractivity contribution in [2.24, 2.45) is 0 Å². The van der Waals surface area contributed by atoms with Gasteiger partial charge in [0.15, 0.2) is 0 Å². The second kappa shape index (κ2) is 10.2. The first-order valence-electron chi connectivity index (χ1n) is 11.1. The quantitative estimate of drug-likeness (QED) is 0.702. The van der Waals surface area contributed by atoms with Crippen LogP contribution < -0.4 is 10.2 Å². The van der Waals surface area contributed by atoms with Gasteiger partial charge in [0.25, 0.3) is 5.91 Å². The molecule has 4 rings (SSSR count). The van der Waals surface area contributed by atoms with Crippen molar-refractivity contribution in [3.63, 3.8) is 0 Å². The van der Waals surface area contributed by atoms with Crippen LogP contribution in [0.4, 0.5) is 5.13 Å². The van der Waals surface area contributed by atoms with Crippen molar-refractivity contribution in [2.75, 3.05) is 44.2 Å². The van der Waals surface area contributed by atoms with Crippen molar-refractivity contribution in [1.82, 2.24) is 25.0 Å². The molecule has 2 aromatic rings. The Hall–Kier alpha value is -1.93. The van der Waals surface area contributed by atoms with Crippen molar-refractivity contribution in [1.29, 1.82) is 0 Å². The largest absolute Gasteiger partial charge is 0.351 e. The maximum Gasteiger partial charge on any atom is 0.268 e. The van der Waals surface area contributed by atoms with Gasteiger partial charge >= 0.3 is 0 Å². The van der Waals surface area contributed by atoms with Crippen LogP contribution in [0.3, 0.4) is 0 Å². The number of nitrogens with one attached hydrogen (secondary N) is 1. The van der Waals surface area contributed by atoms with Crippen LogP contribution in [0.5, 0.6) is 0 Å². The van der Waals surface area contributed by atoms with Gasteiger partial charge in [0.2, 0.25) is 10.3 Å². The number of rotatable bonds is 7. The molecular weight excluding hydrogens is 384 g/mol. The van der Waals surface area contributed by atoms with Crippen LogP contribution in [0.2, 0.25) is 0 Å². The van der Waals surface area contributed by atoms with Crippen molar-refractivity contribution in [3.05, 3.63) is 24.0 Å². The first-order valence-corrected chi connectivity index (χ1v) is 11.9. The summed E-state index contributed by atoms with van der Waals surface area (Å²) < 4.78 is 1.86. The summed E-state index contributed by atoms with van der Waals surface area (Å²) in [5, 5.41) is 13.5. The molecule has 0 atom stereocenters. The Kier molecular flexibility index (Phi) is 7.16. The predicted molar refractivity (Wildman–Crippen MR) is 117 cm³/mol. The number of nitrogens with zero attached hydrogens (tertiary/aromatic N) is 5. The Morgan fingerprint density at radius 3 is 2.45 bits per heavy atom. The molecular formula is C21H32N6OS. The monoisotopic (exact) mass is 416 g/mol. The minimum absolute atomic E-state index is 0.0411. The van der Waals surface area contributed by atoms with Crippen LogP contribution in [-0.4, -0.2) is 64.8 Å². The molecule has 8 heteroatoms. The summed E-state index contributed by atoms with van der Waals surface area (Å²) in [6, 6.07) is 3.75. The number of amides is 1. The molecule has 0 bridgehead atoms. The highest BCUT2D eigenvalue weighted by molar-refractivity contribution is 7.17. The third-order valence-electron chi connectivity index (χ3n) is 5.85. The zero-order valence-electron chi connectivity index (χ0n) is 17.2. The van der Waals surface area contributed by atoms with Crippen LogP contribution in [-0.2, 0) is 0 Å². The van der Waals surface area contributed by atoms with Crippen molar-refractivity contribution >= 4 is 22.4 Å². The molecule has 2 fully saturated rings. The first-order chi connectivity index (χ1) is 14.3. The van der Waals surface area contributed by atoms with Crippen molar-refractivity contribution in [2.45, 2.75) is 51.4 Å². The number of likely N-dealkylation sites (tertiary alicyclic amines) is 1. The van der Waals surface area contributed by atoms with E-state index in [1.807, 2.05) is 22.9 Å². The molecule has 2 aromatic heterocycles. The van der Waals surface area contributed by atoms with E-state index in [0.717, 1.165) is 36.3 Å². The lowest BCUT2D eigenvalue weighted by atomic mass is 10.1. The lowest BCUT2D eigenvalue weighted by Crippen LogP contribution is -2.31. The van der Waals surface area contributed by atoms with E-state index in [9.17, 15) is 4.79 Å². The molecule has 4 heterocycles. The predicted octanol–water partition coefficient (Wildman–Crippen LogP) is 3.32. The van der Waals surface area contributed by atoms with Gasteiger partial charge in [0.1, 0.15) is 5.69 Å². The van der Waals surface area contributed by atoms with Gasteiger partial charge in [0, 0.05) is 25.8 Å². The van der Waals surface area contributed by atoms with E-state index in [2.05, 4.69) is 25.3 Å². The lowest BCUT2D eigenvalue weighted by molar-refractivity contribution is 0.0945. The fourth-order valence-corrected chi connectivity index (χ4v) is 5.10. The van der Waals surface area contributed by atoms with Gasteiger partial charge in [-0.1, -0.05) is 24.2 Å². The summed E-state index contributed by atoms with van der Waals surface area (Å²) in [7, 11) is 0. The summed E-state index contributed by atoms with van der Waals surface area (Å²) in [4.78, 5) is 17.6. The summed E-state index contributed by atoms with van der Waals surface area (Å²) in [6.07, 6.45) is 11.9. The zero-order valence-corrected chi connectivity index (χ0v) is 18.0. The number of anilines is 1. The number of carbonyl (C=O) groups is 1. The number of piperidine rings is 1. The number of aromatic nitrogens is 3. The van der Waals surface area contributed by atoms with E-state index < -0.39 is 0 Å². The lowest BCUT2D eigenvalue weighted by Gasteiger charge is -2.25. The maximum absolute atomic E-state index is 12.7. The Morgan fingerprint density at radius 2 is 1.66 bits per heavy atom. The molecule has 29 heavy (non-hydrogen) atoms. The molecule has 0 aliphatic carbocycles. The minimum atomic E-state index is -0.0411. The van der Waals surface area contributed by atoms with Crippen molar-refractivity contribution < 1.29 is 4.79 Å². The molecule has 158 valence electrons. The molecule has 7 nitrogen and oxygen atoms in total. The molecule has 2 aliphatic heterocycles. The molecule has 0 radical (unpaired) electrons. The summed E-state index contributed by atoms with van der Waals surface area (Å²) in [5.74, 6) is -0.0411. The molecule has 0 unspecified atom stereocenters. The first kappa shape index (κ1) is 20.3. The molecule has 0 spiro atoms. The van der Waals surface area contributed by atoms with Gasteiger partial charge in [-0.3, -0.25) is 9.36 Å². The van der Waals surface area contributed by atoms with E-state index in [0.29, 0.717) is 12.2 Å². The minimum Gasteiger partial charge on any atom is -0.351 e. The van der Waals surface area contributed by atoms with E-state index >= 15 is 0 Å². The van der Waals surface area contributed by atoms with E-state index in [-0.39, 0.29) is 5.91 Å². The Labute approximate surface area is 177 Å². The Bertz CT molecular complexity index is 774. The molecule has 1 amide bonds. The fourth-order valence-electron chi connectivity index (χ4n) is 4.21. The summed E-state index contributed by atoms with van der Waals surface area (Å²) in [6.45, 7) is 6.27. The molecule has 1 N–H and O–H groups in total. The highest BCUT2D eigenvalue weighted by Crippen LogP contribution is 2.26. The molecule has 0 saturated carbocycles. The maximum atomic E-state index is 12.7. The smallest absolute Gasteiger partial charge is 0.268 e. The second-order valence-electron chi connectivity index (χ2n) is 8.04. The number of hydrogen-bond donors (Lipinski definition) is 1. The highest BCUT2D eigenvalue weighted by Gasteiger charge is 2.19. The fraction of sp³-hybridized carbons (Fsp3) is 0.667. The van der Waals surface area contributed by atoms with Gasteiger partial charge < -0.3 is 15.1 Å². The van der Waals surface area contributed by atoms with Crippen LogP contribution >= 0.6 is 11.3 Å². The highest BCUT2D eigenvalue weighted by atomic mass is 32.1.